The standard InChI is InChI=1S/C10H12ClNO2/c11-9-4-3-8(14-9)10(13)12-6-5-7-1-2-7/h3-4,7H,1-2,5-6H2,(H,12,13). The van der Waals surface area contributed by atoms with Gasteiger partial charge in [-0.15, -0.1) is 0 Å². The molecule has 0 aromatic carbocycles. The smallest absolute Gasteiger partial charge is 0.287 e. The maximum atomic E-state index is 11.4. The monoisotopic (exact) mass is 213 g/mol. The summed E-state index contributed by atoms with van der Waals surface area (Å²) in [6, 6.07) is 3.14. The molecule has 1 saturated carbocycles. The molecule has 76 valence electrons. The van der Waals surface area contributed by atoms with Crippen molar-refractivity contribution in [1.82, 2.24) is 5.32 Å². The minimum absolute atomic E-state index is 0.183. The van der Waals surface area contributed by atoms with E-state index in [0.717, 1.165) is 18.9 Å². The van der Waals surface area contributed by atoms with Crippen molar-refractivity contribution in [3.8, 4) is 0 Å². The van der Waals surface area contributed by atoms with Gasteiger partial charge in [0.25, 0.3) is 5.91 Å². The molecule has 0 saturated heterocycles. The van der Waals surface area contributed by atoms with Crippen molar-refractivity contribution in [3.63, 3.8) is 0 Å². The Kier molecular flexibility index (Phi) is 2.77. The molecule has 14 heavy (non-hydrogen) atoms. The second-order valence-electron chi connectivity index (χ2n) is 3.59. The first-order valence-corrected chi connectivity index (χ1v) is 5.17. The van der Waals surface area contributed by atoms with Gasteiger partial charge in [0.2, 0.25) is 0 Å². The molecule has 1 aliphatic carbocycles. The Bertz CT molecular complexity index is 331. The van der Waals surface area contributed by atoms with Gasteiger partial charge < -0.3 is 9.73 Å². The quantitative estimate of drug-likeness (QED) is 0.835. The maximum Gasteiger partial charge on any atom is 0.287 e. The van der Waals surface area contributed by atoms with Crippen LogP contribution in [-0.4, -0.2) is 12.5 Å². The zero-order valence-electron chi connectivity index (χ0n) is 7.75. The molecule has 1 N–H and O–H groups in total. The van der Waals surface area contributed by atoms with Crippen LogP contribution in [0.3, 0.4) is 0 Å². The molecule has 1 heterocycles. The van der Waals surface area contributed by atoms with Gasteiger partial charge in [-0.1, -0.05) is 12.8 Å². The predicted molar refractivity (Wildman–Crippen MR) is 53.4 cm³/mol. The Balaban J connectivity index is 1.76. The number of halogens is 1. The van der Waals surface area contributed by atoms with Gasteiger partial charge in [0, 0.05) is 6.54 Å². The number of nitrogens with one attached hydrogen (secondary N) is 1. The summed E-state index contributed by atoms with van der Waals surface area (Å²) >= 11 is 5.55. The summed E-state index contributed by atoms with van der Waals surface area (Å²) < 4.78 is 4.97. The molecule has 0 radical (unpaired) electrons. The Morgan fingerprint density at radius 2 is 2.36 bits per heavy atom. The summed E-state index contributed by atoms with van der Waals surface area (Å²) in [5.74, 6) is 0.929. The van der Waals surface area contributed by atoms with Crippen LogP contribution in [0.5, 0.6) is 0 Å². The molecule has 4 heteroatoms. The average molecular weight is 214 g/mol. The van der Waals surface area contributed by atoms with Gasteiger partial charge >= 0.3 is 0 Å². The molecule has 0 atom stereocenters. The first kappa shape index (κ1) is 9.59. The number of carbonyl (C=O) groups excluding carboxylic acids is 1. The van der Waals surface area contributed by atoms with Gasteiger partial charge in [-0.25, -0.2) is 0 Å². The summed E-state index contributed by atoms with van der Waals surface area (Å²) in [5, 5.41) is 3.04. The van der Waals surface area contributed by atoms with Crippen molar-refractivity contribution in [1.29, 1.82) is 0 Å². The van der Waals surface area contributed by atoms with E-state index in [2.05, 4.69) is 5.32 Å². The van der Waals surface area contributed by atoms with Crippen molar-refractivity contribution >= 4 is 17.5 Å². The van der Waals surface area contributed by atoms with Crippen molar-refractivity contribution in [2.24, 2.45) is 5.92 Å². The summed E-state index contributed by atoms with van der Waals surface area (Å²) in [5.41, 5.74) is 0. The zero-order chi connectivity index (χ0) is 9.97. The van der Waals surface area contributed by atoms with E-state index in [1.807, 2.05) is 0 Å². The van der Waals surface area contributed by atoms with Gasteiger partial charge in [0.15, 0.2) is 11.0 Å². The minimum atomic E-state index is -0.183. The second kappa shape index (κ2) is 4.05. The Morgan fingerprint density at radius 1 is 1.57 bits per heavy atom. The average Bonchev–Trinajstić information content (AvgIpc) is 2.87. The van der Waals surface area contributed by atoms with E-state index in [0.29, 0.717) is 0 Å². The molecule has 0 unspecified atom stereocenters. The topological polar surface area (TPSA) is 42.2 Å². The van der Waals surface area contributed by atoms with Crippen molar-refractivity contribution in [2.45, 2.75) is 19.3 Å². The Labute approximate surface area is 87.4 Å². The van der Waals surface area contributed by atoms with Crippen LogP contribution in [0.1, 0.15) is 29.8 Å². The lowest BCUT2D eigenvalue weighted by atomic mass is 10.3. The van der Waals surface area contributed by atoms with Crippen LogP contribution in [0.4, 0.5) is 0 Å². The largest absolute Gasteiger partial charge is 0.440 e. The second-order valence-corrected chi connectivity index (χ2v) is 3.96. The SMILES string of the molecule is O=C(NCCC1CC1)c1ccc(Cl)o1. The molecular weight excluding hydrogens is 202 g/mol. The van der Waals surface area contributed by atoms with E-state index in [1.165, 1.54) is 12.8 Å². The van der Waals surface area contributed by atoms with E-state index in [-0.39, 0.29) is 16.9 Å². The molecule has 1 aromatic heterocycles. The fourth-order valence-electron chi connectivity index (χ4n) is 1.32. The van der Waals surface area contributed by atoms with Crippen molar-refractivity contribution in [2.75, 3.05) is 6.54 Å². The lowest BCUT2D eigenvalue weighted by Crippen LogP contribution is -2.24. The number of carbonyl (C=O) groups is 1. The van der Waals surface area contributed by atoms with Crippen LogP contribution in [-0.2, 0) is 0 Å². The van der Waals surface area contributed by atoms with Crippen LogP contribution in [0.2, 0.25) is 5.22 Å². The van der Waals surface area contributed by atoms with Crippen LogP contribution < -0.4 is 5.32 Å². The molecule has 1 fully saturated rings. The molecule has 0 aliphatic heterocycles. The summed E-state index contributed by atoms with van der Waals surface area (Å²) in [7, 11) is 0. The molecule has 1 aromatic rings. The lowest BCUT2D eigenvalue weighted by molar-refractivity contribution is 0.0925. The number of amides is 1. The van der Waals surface area contributed by atoms with Gasteiger partial charge in [-0.3, -0.25) is 4.79 Å². The fraction of sp³-hybridized carbons (Fsp3) is 0.500. The predicted octanol–water partition coefficient (Wildman–Crippen LogP) is 2.46. The zero-order valence-corrected chi connectivity index (χ0v) is 8.51. The first-order chi connectivity index (χ1) is 6.75. The van der Waals surface area contributed by atoms with Gasteiger partial charge in [-0.2, -0.15) is 0 Å². The summed E-state index contributed by atoms with van der Waals surface area (Å²) in [4.78, 5) is 11.4. The molecule has 0 spiro atoms. The summed E-state index contributed by atoms with van der Waals surface area (Å²) in [6.45, 7) is 0.724. The maximum absolute atomic E-state index is 11.4. The number of hydrogen-bond acceptors (Lipinski definition) is 2. The lowest BCUT2D eigenvalue weighted by Gasteiger charge is -2.00. The molecule has 0 bridgehead atoms. The van der Waals surface area contributed by atoms with E-state index >= 15 is 0 Å². The Hall–Kier alpha value is -0.960. The van der Waals surface area contributed by atoms with Crippen LogP contribution >= 0.6 is 11.6 Å². The first-order valence-electron chi connectivity index (χ1n) is 4.79. The van der Waals surface area contributed by atoms with Gasteiger partial charge in [0.1, 0.15) is 0 Å². The van der Waals surface area contributed by atoms with E-state index < -0.39 is 0 Å². The third-order valence-electron chi connectivity index (χ3n) is 2.33. The fourth-order valence-corrected chi connectivity index (χ4v) is 1.47. The van der Waals surface area contributed by atoms with Crippen LogP contribution in [0.25, 0.3) is 0 Å². The molecule has 3 nitrogen and oxygen atoms in total. The van der Waals surface area contributed by atoms with Gasteiger partial charge in [0.05, 0.1) is 0 Å². The normalized spacial score (nSPS) is 15.5. The molecule has 1 amide bonds. The van der Waals surface area contributed by atoms with Crippen LogP contribution in [0, 0.1) is 5.92 Å². The van der Waals surface area contributed by atoms with Crippen LogP contribution in [0.15, 0.2) is 16.5 Å². The molecular formula is C10H12ClNO2. The minimum Gasteiger partial charge on any atom is -0.440 e. The molecule has 1 aliphatic rings. The van der Waals surface area contributed by atoms with E-state index in [4.69, 9.17) is 16.0 Å². The molecule has 2 rings (SSSR count). The highest BCUT2D eigenvalue weighted by Gasteiger charge is 2.21. The number of hydrogen-bond donors (Lipinski definition) is 1. The van der Waals surface area contributed by atoms with Crippen molar-refractivity contribution in [3.05, 3.63) is 23.1 Å². The van der Waals surface area contributed by atoms with E-state index in [9.17, 15) is 4.79 Å². The highest BCUT2D eigenvalue weighted by atomic mass is 35.5. The van der Waals surface area contributed by atoms with E-state index in [1.54, 1.807) is 12.1 Å². The number of rotatable bonds is 4. The third kappa shape index (κ3) is 2.51. The highest BCUT2D eigenvalue weighted by Crippen LogP contribution is 2.31. The third-order valence-corrected chi connectivity index (χ3v) is 2.54. The summed E-state index contributed by atoms with van der Waals surface area (Å²) in [6.07, 6.45) is 3.69. The number of furan rings is 1. The highest BCUT2D eigenvalue weighted by molar-refractivity contribution is 6.29. The van der Waals surface area contributed by atoms with Gasteiger partial charge in [-0.05, 0) is 36.1 Å². The Morgan fingerprint density at radius 3 is 2.93 bits per heavy atom. The van der Waals surface area contributed by atoms with Crippen molar-refractivity contribution < 1.29 is 9.21 Å².